The first-order chi connectivity index (χ1) is 17.1. The third-order valence-corrected chi connectivity index (χ3v) is 11.8. The Kier molecular flexibility index (Phi) is 13.4. The number of carbonyl (C=O) groups is 1. The molecule has 0 radical (unpaired) electrons. The van der Waals surface area contributed by atoms with Gasteiger partial charge in [-0.2, -0.15) is 0 Å². The smallest absolute Gasteiger partial charge is 0.321 e. The van der Waals surface area contributed by atoms with Gasteiger partial charge in [0.25, 0.3) is 5.50 Å². The van der Waals surface area contributed by atoms with E-state index >= 15 is 0 Å². The van der Waals surface area contributed by atoms with Gasteiger partial charge in [-0.25, -0.2) is 0 Å². The molecule has 0 amide bonds. The molecule has 0 fully saturated rings. The van der Waals surface area contributed by atoms with E-state index in [1.165, 1.54) is 68.1 Å². The van der Waals surface area contributed by atoms with Gasteiger partial charge in [0, 0.05) is 5.57 Å². The Balaban J connectivity index is 2.67. The largest absolute Gasteiger partial charge is 0.394 e. The normalized spacial score (nSPS) is 13.3. The van der Waals surface area contributed by atoms with Crippen LogP contribution in [0.25, 0.3) is 5.57 Å². The molecule has 3 heteroatoms. The van der Waals surface area contributed by atoms with Crippen molar-refractivity contribution in [3.05, 3.63) is 77.3 Å². The van der Waals surface area contributed by atoms with Crippen LogP contribution in [0, 0.1) is 0 Å². The van der Waals surface area contributed by atoms with E-state index < -0.39 is 7.26 Å². The van der Waals surface area contributed by atoms with E-state index in [0.717, 1.165) is 23.9 Å². The van der Waals surface area contributed by atoms with Crippen molar-refractivity contribution < 1.29 is 9.53 Å². The standard InChI is InChI=1S/C32H48O2P/c1-6-11-24-35(25-12-7-2,26-13-8-3)32(30(10-5)28-22-18-15-19-23-28)34-31(33)29(9-4)27-20-16-14-17-21-27/h14-23,29H,6-13,24-26H2,1-5H3/q+1/b32-30-. The third-order valence-electron chi connectivity index (χ3n) is 7.08. The zero-order valence-corrected chi connectivity index (χ0v) is 23.8. The fraction of sp³-hybridized carbons (Fsp3) is 0.531. The van der Waals surface area contributed by atoms with Crippen LogP contribution < -0.4 is 0 Å². The zero-order valence-electron chi connectivity index (χ0n) is 22.9. The molecular weight excluding hydrogens is 447 g/mol. The van der Waals surface area contributed by atoms with Crippen molar-refractivity contribution in [2.24, 2.45) is 0 Å². The number of hydrogen-bond donors (Lipinski definition) is 0. The van der Waals surface area contributed by atoms with Crippen molar-refractivity contribution in [1.29, 1.82) is 0 Å². The lowest BCUT2D eigenvalue weighted by Crippen LogP contribution is -2.21. The number of carbonyl (C=O) groups excluding carboxylic acids is 1. The van der Waals surface area contributed by atoms with Crippen LogP contribution in [0.15, 0.2) is 66.2 Å². The van der Waals surface area contributed by atoms with E-state index in [4.69, 9.17) is 4.74 Å². The molecule has 0 saturated carbocycles. The van der Waals surface area contributed by atoms with Gasteiger partial charge in [-0.05, 0) is 43.2 Å². The molecule has 1 unspecified atom stereocenters. The van der Waals surface area contributed by atoms with E-state index in [1.54, 1.807) is 0 Å². The summed E-state index contributed by atoms with van der Waals surface area (Å²) in [6.45, 7) is 11.2. The van der Waals surface area contributed by atoms with Crippen LogP contribution in [0.2, 0.25) is 0 Å². The van der Waals surface area contributed by atoms with Crippen molar-refractivity contribution in [2.45, 2.75) is 91.9 Å². The van der Waals surface area contributed by atoms with Crippen LogP contribution >= 0.6 is 7.26 Å². The van der Waals surface area contributed by atoms with Crippen LogP contribution in [0.1, 0.15) is 103 Å². The lowest BCUT2D eigenvalue weighted by molar-refractivity contribution is -0.140. The van der Waals surface area contributed by atoms with Gasteiger partial charge in [-0.3, -0.25) is 4.79 Å². The van der Waals surface area contributed by atoms with Crippen molar-refractivity contribution in [2.75, 3.05) is 18.5 Å². The number of ether oxygens (including phenoxy) is 1. The van der Waals surface area contributed by atoms with Crippen LogP contribution in [-0.2, 0) is 9.53 Å². The van der Waals surface area contributed by atoms with Crippen molar-refractivity contribution >= 4 is 18.8 Å². The van der Waals surface area contributed by atoms with Gasteiger partial charge < -0.3 is 4.74 Å². The summed E-state index contributed by atoms with van der Waals surface area (Å²) in [6, 6.07) is 20.8. The summed E-state index contributed by atoms with van der Waals surface area (Å²) in [5.41, 5.74) is 4.58. The monoisotopic (exact) mass is 495 g/mol. The predicted molar refractivity (Wildman–Crippen MR) is 155 cm³/mol. The first-order valence-electron chi connectivity index (χ1n) is 14.0. The molecule has 0 aliphatic rings. The van der Waals surface area contributed by atoms with Crippen LogP contribution in [-0.4, -0.2) is 24.5 Å². The van der Waals surface area contributed by atoms with Crippen LogP contribution in [0.3, 0.4) is 0 Å². The molecule has 2 rings (SSSR count). The maximum atomic E-state index is 13.9. The second-order valence-corrected chi connectivity index (χ2v) is 13.7. The Hall–Kier alpha value is -1.92. The number of hydrogen-bond acceptors (Lipinski definition) is 2. The molecule has 0 N–H and O–H groups in total. The highest BCUT2D eigenvalue weighted by molar-refractivity contribution is 7.79. The van der Waals surface area contributed by atoms with Gasteiger partial charge in [-0.1, -0.05) is 115 Å². The maximum absolute atomic E-state index is 13.9. The molecule has 0 aliphatic carbocycles. The summed E-state index contributed by atoms with van der Waals surface area (Å²) in [5.74, 6) is -0.310. The van der Waals surface area contributed by atoms with E-state index in [9.17, 15) is 4.79 Å². The van der Waals surface area contributed by atoms with Crippen LogP contribution in [0.5, 0.6) is 0 Å². The summed E-state index contributed by atoms with van der Waals surface area (Å²) >= 11 is 0. The fourth-order valence-electron chi connectivity index (χ4n) is 4.98. The molecule has 0 bridgehead atoms. The summed E-state index contributed by atoms with van der Waals surface area (Å²) in [4.78, 5) is 13.9. The summed E-state index contributed by atoms with van der Waals surface area (Å²) in [7, 11) is -1.65. The lowest BCUT2D eigenvalue weighted by Gasteiger charge is -2.31. The highest BCUT2D eigenvalue weighted by atomic mass is 31.2. The molecule has 0 aliphatic heterocycles. The Bertz CT molecular complexity index is 867. The Morgan fingerprint density at radius 3 is 1.66 bits per heavy atom. The summed E-state index contributed by atoms with van der Waals surface area (Å²) in [6.07, 6.45) is 12.3. The first kappa shape index (κ1) is 29.3. The number of allylic oxidation sites excluding steroid dienone is 1. The molecule has 0 heterocycles. The Morgan fingerprint density at radius 1 is 0.743 bits per heavy atom. The minimum atomic E-state index is -1.65. The van der Waals surface area contributed by atoms with Gasteiger partial charge >= 0.3 is 5.97 Å². The summed E-state index contributed by atoms with van der Waals surface area (Å²) in [5, 5.41) is 0. The average Bonchev–Trinajstić information content (AvgIpc) is 2.90. The molecule has 2 aromatic carbocycles. The summed E-state index contributed by atoms with van der Waals surface area (Å²) < 4.78 is 6.71. The van der Waals surface area contributed by atoms with Crippen molar-refractivity contribution in [3.8, 4) is 0 Å². The van der Waals surface area contributed by atoms with Gasteiger partial charge in [0.15, 0.2) is 0 Å². The quantitative estimate of drug-likeness (QED) is 0.132. The predicted octanol–water partition coefficient (Wildman–Crippen LogP) is 9.92. The van der Waals surface area contributed by atoms with Crippen LogP contribution in [0.4, 0.5) is 0 Å². The maximum Gasteiger partial charge on any atom is 0.321 e. The molecule has 35 heavy (non-hydrogen) atoms. The van der Waals surface area contributed by atoms with Crippen molar-refractivity contribution in [1.82, 2.24) is 0 Å². The minimum Gasteiger partial charge on any atom is -0.394 e. The lowest BCUT2D eigenvalue weighted by atomic mass is 9.97. The molecule has 2 aromatic rings. The van der Waals surface area contributed by atoms with Gasteiger partial charge in [0.1, 0.15) is 0 Å². The second-order valence-electron chi connectivity index (χ2n) is 9.67. The molecule has 0 aromatic heterocycles. The van der Waals surface area contributed by atoms with E-state index in [2.05, 4.69) is 77.1 Å². The number of rotatable bonds is 16. The molecule has 1 atom stereocenters. The molecular formula is C32H48O2P+. The highest BCUT2D eigenvalue weighted by Gasteiger charge is 2.46. The minimum absolute atomic E-state index is 0.0792. The van der Waals surface area contributed by atoms with E-state index in [0.29, 0.717) is 0 Å². The topological polar surface area (TPSA) is 26.3 Å². The van der Waals surface area contributed by atoms with Gasteiger partial charge in [-0.15, -0.1) is 0 Å². The molecule has 2 nitrogen and oxygen atoms in total. The van der Waals surface area contributed by atoms with Crippen molar-refractivity contribution in [3.63, 3.8) is 0 Å². The Morgan fingerprint density at radius 2 is 1.23 bits per heavy atom. The van der Waals surface area contributed by atoms with Gasteiger partial charge in [0.05, 0.1) is 31.7 Å². The number of unbranched alkanes of at least 4 members (excludes halogenated alkanes) is 3. The second kappa shape index (κ2) is 15.9. The Labute approximate surface area is 215 Å². The highest BCUT2D eigenvalue weighted by Crippen LogP contribution is 2.69. The third kappa shape index (κ3) is 8.32. The zero-order chi connectivity index (χ0) is 25.5. The van der Waals surface area contributed by atoms with Gasteiger partial charge in [0.2, 0.25) is 0 Å². The molecule has 192 valence electrons. The number of esters is 1. The number of benzene rings is 2. The fourth-order valence-corrected chi connectivity index (χ4v) is 10.2. The first-order valence-corrected chi connectivity index (χ1v) is 16.3. The average molecular weight is 496 g/mol. The van der Waals surface area contributed by atoms with E-state index in [1.807, 2.05) is 18.2 Å². The molecule has 0 saturated heterocycles. The SMILES string of the molecule is CCCC[P+](CCCC)(CCCC)/C(OC(=O)C(CC)c1ccccc1)=C(/CC)c1ccccc1. The van der Waals surface area contributed by atoms with E-state index in [-0.39, 0.29) is 11.9 Å². The molecule has 0 spiro atoms.